The van der Waals surface area contributed by atoms with Gasteiger partial charge in [-0.3, -0.25) is 9.59 Å². The van der Waals surface area contributed by atoms with Crippen molar-refractivity contribution in [3.05, 3.63) is 34.9 Å². The van der Waals surface area contributed by atoms with Crippen molar-refractivity contribution in [3.8, 4) is 0 Å². The maximum Gasteiger partial charge on any atom is 0.307 e. The Morgan fingerprint density at radius 3 is 2.65 bits per heavy atom. The van der Waals surface area contributed by atoms with Gasteiger partial charge in [-0.15, -0.1) is 0 Å². The molecule has 1 saturated carbocycles. The molecule has 3 rings (SSSR count). The van der Waals surface area contributed by atoms with Crippen LogP contribution in [-0.2, 0) is 11.2 Å². The molecule has 3 heteroatoms. The summed E-state index contributed by atoms with van der Waals surface area (Å²) in [7, 11) is 0. The van der Waals surface area contributed by atoms with Gasteiger partial charge in [0.1, 0.15) is 0 Å². The van der Waals surface area contributed by atoms with Crippen LogP contribution in [0.3, 0.4) is 0 Å². The number of rotatable bonds is 3. The number of carboxylic acids is 1. The van der Waals surface area contributed by atoms with Gasteiger partial charge in [0.15, 0.2) is 5.78 Å². The summed E-state index contributed by atoms with van der Waals surface area (Å²) in [6.45, 7) is 0. The first kappa shape index (κ1) is 13.3. The lowest BCUT2D eigenvalue weighted by Gasteiger charge is -2.27. The van der Waals surface area contributed by atoms with Crippen LogP contribution in [0.5, 0.6) is 0 Å². The van der Waals surface area contributed by atoms with E-state index in [9.17, 15) is 9.59 Å². The molecule has 0 heterocycles. The molecular formula is C17H20O3. The van der Waals surface area contributed by atoms with Crippen molar-refractivity contribution in [1.29, 1.82) is 0 Å². The Bertz CT molecular complexity index is 541. The van der Waals surface area contributed by atoms with Crippen LogP contribution in [0.25, 0.3) is 0 Å². The molecule has 0 aliphatic heterocycles. The van der Waals surface area contributed by atoms with E-state index in [0.717, 1.165) is 16.7 Å². The molecule has 0 aromatic heterocycles. The number of aliphatic carboxylic acids is 1. The number of Topliss-reactive ketones (excluding diaryl/α,β-unsaturated/α-hetero) is 1. The Morgan fingerprint density at radius 2 is 1.95 bits per heavy atom. The van der Waals surface area contributed by atoms with Gasteiger partial charge in [0.05, 0.1) is 6.42 Å². The zero-order valence-electron chi connectivity index (χ0n) is 11.6. The van der Waals surface area contributed by atoms with Gasteiger partial charge < -0.3 is 5.11 Å². The Kier molecular flexibility index (Phi) is 3.60. The van der Waals surface area contributed by atoms with E-state index in [0.29, 0.717) is 18.3 Å². The zero-order chi connectivity index (χ0) is 14.1. The van der Waals surface area contributed by atoms with Crippen molar-refractivity contribution in [2.24, 2.45) is 5.92 Å². The standard InChI is InChI=1S/C17H20O3/c18-16-10-14(12-4-2-1-3-5-12)13-7-6-11(8-15(13)16)9-17(19)20/h6-8,12,14H,1-5,9-10H2,(H,19,20)/t14-/m0/s1. The number of carbonyl (C=O) groups excluding carboxylic acids is 1. The molecule has 0 saturated heterocycles. The fourth-order valence-electron chi connectivity index (χ4n) is 3.83. The first-order chi connectivity index (χ1) is 9.65. The van der Waals surface area contributed by atoms with E-state index in [4.69, 9.17) is 5.11 Å². The summed E-state index contributed by atoms with van der Waals surface area (Å²) in [5.41, 5.74) is 2.67. The van der Waals surface area contributed by atoms with Crippen molar-refractivity contribution in [3.63, 3.8) is 0 Å². The third-order valence-electron chi connectivity index (χ3n) is 4.80. The highest BCUT2D eigenvalue weighted by molar-refractivity contribution is 6.01. The largest absolute Gasteiger partial charge is 0.481 e. The van der Waals surface area contributed by atoms with Gasteiger partial charge >= 0.3 is 5.97 Å². The van der Waals surface area contributed by atoms with Crippen molar-refractivity contribution >= 4 is 11.8 Å². The lowest BCUT2D eigenvalue weighted by molar-refractivity contribution is -0.136. The molecule has 0 unspecified atom stereocenters. The van der Waals surface area contributed by atoms with Gasteiger partial charge in [0.25, 0.3) is 0 Å². The average molecular weight is 272 g/mol. The molecule has 1 aromatic carbocycles. The minimum atomic E-state index is -0.848. The summed E-state index contributed by atoms with van der Waals surface area (Å²) in [5, 5.41) is 8.85. The molecule has 1 atom stereocenters. The van der Waals surface area contributed by atoms with Crippen LogP contribution < -0.4 is 0 Å². The molecule has 2 aliphatic carbocycles. The van der Waals surface area contributed by atoms with E-state index in [1.54, 1.807) is 6.07 Å². The number of ketones is 1. The predicted octanol–water partition coefficient (Wildman–Crippen LogP) is 3.56. The summed E-state index contributed by atoms with van der Waals surface area (Å²) in [4.78, 5) is 23.0. The van der Waals surface area contributed by atoms with Gasteiger partial charge in [-0.2, -0.15) is 0 Å². The maximum atomic E-state index is 12.2. The van der Waals surface area contributed by atoms with Crippen LogP contribution in [0.15, 0.2) is 18.2 Å². The number of benzene rings is 1. The number of hydrogen-bond donors (Lipinski definition) is 1. The fourth-order valence-corrected chi connectivity index (χ4v) is 3.83. The summed E-state index contributed by atoms with van der Waals surface area (Å²) < 4.78 is 0. The summed E-state index contributed by atoms with van der Waals surface area (Å²) in [6.07, 6.45) is 6.96. The van der Waals surface area contributed by atoms with Crippen molar-refractivity contribution in [2.75, 3.05) is 0 Å². The van der Waals surface area contributed by atoms with Crippen molar-refractivity contribution in [2.45, 2.75) is 50.9 Å². The first-order valence-electron chi connectivity index (χ1n) is 7.53. The normalized spacial score (nSPS) is 22.8. The Morgan fingerprint density at radius 1 is 1.20 bits per heavy atom. The van der Waals surface area contributed by atoms with E-state index in [2.05, 4.69) is 0 Å². The van der Waals surface area contributed by atoms with Crippen LogP contribution in [0.1, 0.15) is 65.9 Å². The number of fused-ring (bicyclic) bond motifs is 1. The topological polar surface area (TPSA) is 54.4 Å². The third kappa shape index (κ3) is 2.49. The highest BCUT2D eigenvalue weighted by atomic mass is 16.4. The molecule has 1 aromatic rings. The predicted molar refractivity (Wildman–Crippen MR) is 76.0 cm³/mol. The molecule has 0 radical (unpaired) electrons. The molecule has 0 spiro atoms. The lowest BCUT2D eigenvalue weighted by atomic mass is 9.77. The number of carbonyl (C=O) groups is 2. The molecule has 1 fully saturated rings. The van der Waals surface area contributed by atoms with Crippen LogP contribution in [0.2, 0.25) is 0 Å². The highest BCUT2D eigenvalue weighted by Gasteiger charge is 2.35. The van der Waals surface area contributed by atoms with Gasteiger partial charge in [-0.05, 0) is 41.9 Å². The summed E-state index contributed by atoms with van der Waals surface area (Å²) in [6, 6.07) is 5.67. The van der Waals surface area contributed by atoms with Crippen LogP contribution in [-0.4, -0.2) is 16.9 Å². The summed E-state index contributed by atoms with van der Waals surface area (Å²) in [5.74, 6) is 0.359. The zero-order valence-corrected chi connectivity index (χ0v) is 11.6. The second-order valence-electron chi connectivity index (χ2n) is 6.12. The van der Waals surface area contributed by atoms with Crippen molar-refractivity contribution in [1.82, 2.24) is 0 Å². The quantitative estimate of drug-likeness (QED) is 0.915. The molecular weight excluding hydrogens is 252 g/mol. The molecule has 1 N–H and O–H groups in total. The second-order valence-corrected chi connectivity index (χ2v) is 6.12. The minimum absolute atomic E-state index is 0.00530. The van der Waals surface area contributed by atoms with Crippen LogP contribution in [0, 0.1) is 5.92 Å². The van der Waals surface area contributed by atoms with Crippen LogP contribution >= 0.6 is 0 Å². The van der Waals surface area contributed by atoms with E-state index in [1.165, 1.54) is 32.1 Å². The first-order valence-corrected chi connectivity index (χ1v) is 7.53. The van der Waals surface area contributed by atoms with Crippen LogP contribution in [0.4, 0.5) is 0 Å². The lowest BCUT2D eigenvalue weighted by Crippen LogP contribution is -2.14. The molecule has 106 valence electrons. The highest BCUT2D eigenvalue weighted by Crippen LogP contribution is 2.44. The SMILES string of the molecule is O=C(O)Cc1ccc2c(c1)C(=O)C[C@H]2C1CCCCC1. The van der Waals surface area contributed by atoms with Gasteiger partial charge in [-0.25, -0.2) is 0 Å². The maximum absolute atomic E-state index is 12.2. The third-order valence-corrected chi connectivity index (χ3v) is 4.80. The molecule has 0 bridgehead atoms. The molecule has 2 aliphatic rings. The number of hydrogen-bond acceptors (Lipinski definition) is 2. The minimum Gasteiger partial charge on any atom is -0.481 e. The monoisotopic (exact) mass is 272 g/mol. The summed E-state index contributed by atoms with van der Waals surface area (Å²) >= 11 is 0. The second kappa shape index (κ2) is 5.39. The molecule has 0 amide bonds. The Labute approximate surface area is 119 Å². The smallest absolute Gasteiger partial charge is 0.307 e. The average Bonchev–Trinajstić information content (AvgIpc) is 2.76. The van der Waals surface area contributed by atoms with E-state index in [1.807, 2.05) is 12.1 Å². The van der Waals surface area contributed by atoms with Gasteiger partial charge in [0, 0.05) is 12.0 Å². The Balaban J connectivity index is 1.87. The number of carboxylic acid groups (broad SMARTS) is 1. The van der Waals surface area contributed by atoms with E-state index < -0.39 is 5.97 Å². The van der Waals surface area contributed by atoms with E-state index >= 15 is 0 Å². The van der Waals surface area contributed by atoms with Gasteiger partial charge in [-0.1, -0.05) is 31.4 Å². The van der Waals surface area contributed by atoms with Crippen molar-refractivity contribution < 1.29 is 14.7 Å². The van der Waals surface area contributed by atoms with Gasteiger partial charge in [0.2, 0.25) is 0 Å². The molecule has 20 heavy (non-hydrogen) atoms. The fraction of sp³-hybridized carbons (Fsp3) is 0.529. The Hall–Kier alpha value is -1.64. The van der Waals surface area contributed by atoms with E-state index in [-0.39, 0.29) is 12.2 Å². The molecule has 3 nitrogen and oxygen atoms in total.